The number of likely N-dealkylation sites (tertiary alicyclic amines) is 1. The number of nitrogens with one attached hydrogen (secondary N) is 1. The average molecular weight is 280 g/mol. The third-order valence-electron chi connectivity index (χ3n) is 5.40. The zero-order chi connectivity index (χ0) is 14.4. The van der Waals surface area contributed by atoms with Crippen LogP contribution < -0.4 is 5.32 Å². The summed E-state index contributed by atoms with van der Waals surface area (Å²) in [5.41, 5.74) is 0. The van der Waals surface area contributed by atoms with E-state index in [4.69, 9.17) is 0 Å². The molecule has 2 rings (SSSR count). The lowest BCUT2D eigenvalue weighted by Crippen LogP contribution is -2.49. The van der Waals surface area contributed by atoms with Crippen molar-refractivity contribution in [3.8, 4) is 0 Å². The van der Waals surface area contributed by atoms with Gasteiger partial charge in [0.15, 0.2) is 0 Å². The Morgan fingerprint density at radius 1 is 1.10 bits per heavy atom. The first-order valence-electron chi connectivity index (χ1n) is 9.15. The van der Waals surface area contributed by atoms with Crippen molar-refractivity contribution in [2.45, 2.75) is 71.8 Å². The molecule has 1 saturated carbocycles. The van der Waals surface area contributed by atoms with Gasteiger partial charge in [0.1, 0.15) is 0 Å². The highest BCUT2D eigenvalue weighted by Gasteiger charge is 2.31. The van der Waals surface area contributed by atoms with Crippen molar-refractivity contribution >= 4 is 0 Å². The summed E-state index contributed by atoms with van der Waals surface area (Å²) in [5.74, 6) is 2.64. The van der Waals surface area contributed by atoms with E-state index in [0.717, 1.165) is 23.8 Å². The zero-order valence-corrected chi connectivity index (χ0v) is 14.0. The van der Waals surface area contributed by atoms with Crippen molar-refractivity contribution in [2.24, 2.45) is 17.8 Å². The number of hydrogen-bond acceptors (Lipinski definition) is 2. The minimum absolute atomic E-state index is 0.775. The Morgan fingerprint density at radius 2 is 1.90 bits per heavy atom. The molecule has 0 radical (unpaired) electrons. The summed E-state index contributed by atoms with van der Waals surface area (Å²) in [6.07, 6.45) is 10.1. The molecule has 1 saturated heterocycles. The molecule has 0 bridgehead atoms. The van der Waals surface area contributed by atoms with Gasteiger partial charge in [0.2, 0.25) is 0 Å². The highest BCUT2D eigenvalue weighted by molar-refractivity contribution is 4.86. The lowest BCUT2D eigenvalue weighted by atomic mass is 9.80. The van der Waals surface area contributed by atoms with E-state index in [1.165, 1.54) is 71.1 Å². The van der Waals surface area contributed by atoms with Crippen LogP contribution in [0.15, 0.2) is 0 Å². The molecule has 2 fully saturated rings. The third kappa shape index (κ3) is 4.73. The predicted octanol–water partition coefficient (Wildman–Crippen LogP) is 3.91. The predicted molar refractivity (Wildman–Crippen MR) is 88.0 cm³/mol. The maximum atomic E-state index is 3.68. The normalized spacial score (nSPS) is 32.7. The Balaban J connectivity index is 1.79. The molecule has 1 N–H and O–H groups in total. The summed E-state index contributed by atoms with van der Waals surface area (Å²) in [7, 11) is 0. The van der Waals surface area contributed by atoms with E-state index >= 15 is 0 Å². The molecule has 0 spiro atoms. The van der Waals surface area contributed by atoms with Crippen molar-refractivity contribution in [2.75, 3.05) is 26.2 Å². The molecule has 3 unspecified atom stereocenters. The Morgan fingerprint density at radius 3 is 2.65 bits per heavy atom. The molecule has 3 atom stereocenters. The van der Waals surface area contributed by atoms with Crippen LogP contribution in [0.4, 0.5) is 0 Å². The summed E-state index contributed by atoms with van der Waals surface area (Å²) in [6, 6.07) is 0.904. The van der Waals surface area contributed by atoms with Crippen LogP contribution in [0, 0.1) is 17.8 Å². The molecule has 1 aliphatic heterocycles. The zero-order valence-electron chi connectivity index (χ0n) is 14.0. The second-order valence-electron chi connectivity index (χ2n) is 7.58. The van der Waals surface area contributed by atoms with Crippen molar-refractivity contribution in [3.63, 3.8) is 0 Å². The molecule has 2 aliphatic rings. The van der Waals surface area contributed by atoms with E-state index in [0.29, 0.717) is 0 Å². The van der Waals surface area contributed by atoms with E-state index in [-0.39, 0.29) is 0 Å². The highest BCUT2D eigenvalue weighted by Crippen LogP contribution is 2.33. The maximum absolute atomic E-state index is 3.68. The average Bonchev–Trinajstić information content (AvgIpc) is 2.47. The summed E-state index contributed by atoms with van der Waals surface area (Å²) >= 11 is 0. The second-order valence-corrected chi connectivity index (χ2v) is 7.58. The first-order chi connectivity index (χ1) is 9.70. The second kappa shape index (κ2) is 8.38. The van der Waals surface area contributed by atoms with E-state index in [2.05, 4.69) is 31.0 Å². The van der Waals surface area contributed by atoms with Gasteiger partial charge in [0.25, 0.3) is 0 Å². The van der Waals surface area contributed by atoms with E-state index in [1.807, 2.05) is 0 Å². The van der Waals surface area contributed by atoms with Gasteiger partial charge in [-0.25, -0.2) is 0 Å². The lowest BCUT2D eigenvalue weighted by molar-refractivity contribution is 0.0597. The standard InChI is InChI=1S/C18H36N2/c1-4-17-9-5-6-10-18(17)20-11-7-8-16(14-20)13-19-12-15(2)3/h15-19H,4-14H2,1-3H3. The van der Waals surface area contributed by atoms with Crippen LogP contribution in [0.25, 0.3) is 0 Å². The van der Waals surface area contributed by atoms with Gasteiger partial charge < -0.3 is 5.32 Å². The molecule has 20 heavy (non-hydrogen) atoms. The minimum atomic E-state index is 0.775. The van der Waals surface area contributed by atoms with Crippen molar-refractivity contribution in [1.82, 2.24) is 10.2 Å². The van der Waals surface area contributed by atoms with Crippen molar-refractivity contribution in [1.29, 1.82) is 0 Å². The Kier molecular flexibility index (Phi) is 6.83. The number of nitrogens with zero attached hydrogens (tertiary/aromatic N) is 1. The van der Waals surface area contributed by atoms with Gasteiger partial charge in [-0.1, -0.05) is 40.0 Å². The summed E-state index contributed by atoms with van der Waals surface area (Å²) in [4.78, 5) is 2.86. The van der Waals surface area contributed by atoms with Gasteiger partial charge in [-0.15, -0.1) is 0 Å². The van der Waals surface area contributed by atoms with Crippen LogP contribution in [-0.4, -0.2) is 37.1 Å². The van der Waals surface area contributed by atoms with Crippen molar-refractivity contribution in [3.05, 3.63) is 0 Å². The molecule has 2 nitrogen and oxygen atoms in total. The van der Waals surface area contributed by atoms with E-state index in [1.54, 1.807) is 0 Å². The third-order valence-corrected chi connectivity index (χ3v) is 5.40. The fourth-order valence-electron chi connectivity index (χ4n) is 4.29. The molecule has 0 aromatic carbocycles. The van der Waals surface area contributed by atoms with Gasteiger partial charge >= 0.3 is 0 Å². The van der Waals surface area contributed by atoms with E-state index < -0.39 is 0 Å². The smallest absolute Gasteiger partial charge is 0.0123 e. The number of piperidine rings is 1. The summed E-state index contributed by atoms with van der Waals surface area (Å²) < 4.78 is 0. The maximum Gasteiger partial charge on any atom is 0.0123 e. The van der Waals surface area contributed by atoms with Gasteiger partial charge in [-0.3, -0.25) is 4.90 Å². The van der Waals surface area contributed by atoms with Crippen LogP contribution >= 0.6 is 0 Å². The molecular formula is C18H36N2. The Hall–Kier alpha value is -0.0800. The van der Waals surface area contributed by atoms with Crippen LogP contribution in [0.3, 0.4) is 0 Å². The fraction of sp³-hybridized carbons (Fsp3) is 1.00. The van der Waals surface area contributed by atoms with Crippen LogP contribution in [0.5, 0.6) is 0 Å². The Labute approximate surface area is 126 Å². The summed E-state index contributed by atoms with van der Waals surface area (Å²) in [5, 5.41) is 3.68. The van der Waals surface area contributed by atoms with Gasteiger partial charge in [-0.2, -0.15) is 0 Å². The largest absolute Gasteiger partial charge is 0.316 e. The topological polar surface area (TPSA) is 15.3 Å². The van der Waals surface area contributed by atoms with Crippen LogP contribution in [-0.2, 0) is 0 Å². The van der Waals surface area contributed by atoms with Crippen LogP contribution in [0.1, 0.15) is 65.7 Å². The van der Waals surface area contributed by atoms with E-state index in [9.17, 15) is 0 Å². The molecule has 0 aromatic rings. The molecule has 0 aromatic heterocycles. The first-order valence-corrected chi connectivity index (χ1v) is 9.15. The molecule has 1 heterocycles. The number of rotatable bonds is 6. The summed E-state index contributed by atoms with van der Waals surface area (Å²) in [6.45, 7) is 12.1. The molecular weight excluding hydrogens is 244 g/mol. The van der Waals surface area contributed by atoms with Gasteiger partial charge in [0.05, 0.1) is 0 Å². The molecule has 1 aliphatic carbocycles. The minimum Gasteiger partial charge on any atom is -0.316 e. The highest BCUT2D eigenvalue weighted by atomic mass is 15.2. The lowest BCUT2D eigenvalue weighted by Gasteiger charge is -2.44. The van der Waals surface area contributed by atoms with Gasteiger partial charge in [-0.05, 0) is 63.1 Å². The van der Waals surface area contributed by atoms with Crippen LogP contribution in [0.2, 0.25) is 0 Å². The van der Waals surface area contributed by atoms with Crippen molar-refractivity contribution < 1.29 is 0 Å². The fourth-order valence-corrected chi connectivity index (χ4v) is 4.29. The monoisotopic (exact) mass is 280 g/mol. The first kappa shape index (κ1) is 16.3. The number of hydrogen-bond donors (Lipinski definition) is 1. The molecule has 118 valence electrons. The van der Waals surface area contributed by atoms with Gasteiger partial charge in [0, 0.05) is 12.6 Å². The Bertz CT molecular complexity index is 264. The quantitative estimate of drug-likeness (QED) is 0.793. The SMILES string of the molecule is CCC1CCCCC1N1CCCC(CNCC(C)C)C1. The molecule has 2 heteroatoms. The molecule has 0 amide bonds.